The summed E-state index contributed by atoms with van der Waals surface area (Å²) in [7, 11) is 0. The highest BCUT2D eigenvalue weighted by Gasteiger charge is 2.36. The Morgan fingerprint density at radius 2 is 1.93 bits per heavy atom. The molecule has 0 saturated heterocycles. The standard InChI is InChI=1S/C27H36ClF/c1-7-13-19(3)24(21(5)27(6,8-2)22-14-9-10-15-22)18-25(28)20(4)23-16-11-12-17-26(23)29/h8,11-12,16-19,22H,2,4,7,9-10,13-15H2,1,3,5-6H3/b24-21-,25-18+. The summed E-state index contributed by atoms with van der Waals surface area (Å²) in [5, 5.41) is 0.505. The smallest absolute Gasteiger partial charge is 0.131 e. The first-order valence-corrected chi connectivity index (χ1v) is 11.3. The van der Waals surface area contributed by atoms with E-state index in [9.17, 15) is 4.39 Å². The van der Waals surface area contributed by atoms with Crippen molar-refractivity contribution in [2.75, 3.05) is 0 Å². The van der Waals surface area contributed by atoms with Crippen LogP contribution in [0.1, 0.15) is 71.8 Å². The normalized spacial score (nSPS) is 19.4. The van der Waals surface area contributed by atoms with Crippen LogP contribution in [0.3, 0.4) is 0 Å². The molecule has 2 unspecified atom stereocenters. The molecule has 1 aliphatic carbocycles. The van der Waals surface area contributed by atoms with Crippen LogP contribution in [-0.4, -0.2) is 0 Å². The second kappa shape index (κ2) is 10.4. The van der Waals surface area contributed by atoms with Gasteiger partial charge in [-0.25, -0.2) is 4.39 Å². The predicted molar refractivity (Wildman–Crippen MR) is 126 cm³/mol. The van der Waals surface area contributed by atoms with E-state index in [1.165, 1.54) is 42.9 Å². The fourth-order valence-electron chi connectivity index (χ4n) is 4.73. The molecular weight excluding hydrogens is 379 g/mol. The molecule has 1 saturated carbocycles. The maximum absolute atomic E-state index is 14.3. The van der Waals surface area contributed by atoms with Gasteiger partial charge in [-0.15, -0.1) is 6.58 Å². The van der Waals surface area contributed by atoms with Gasteiger partial charge in [0.1, 0.15) is 5.82 Å². The van der Waals surface area contributed by atoms with Crippen molar-refractivity contribution in [3.63, 3.8) is 0 Å². The lowest BCUT2D eigenvalue weighted by molar-refractivity contribution is 0.309. The minimum Gasteiger partial charge on any atom is -0.206 e. The maximum atomic E-state index is 14.3. The fourth-order valence-corrected chi connectivity index (χ4v) is 4.95. The number of halogens is 2. The molecule has 2 rings (SSSR count). The molecule has 29 heavy (non-hydrogen) atoms. The Balaban J connectivity index is 2.52. The largest absolute Gasteiger partial charge is 0.206 e. The van der Waals surface area contributed by atoms with Crippen molar-refractivity contribution in [2.45, 2.75) is 66.2 Å². The van der Waals surface area contributed by atoms with E-state index in [2.05, 4.69) is 46.9 Å². The average Bonchev–Trinajstić information content (AvgIpc) is 3.26. The van der Waals surface area contributed by atoms with E-state index in [0.29, 0.717) is 28.0 Å². The molecular formula is C27H36ClF. The zero-order chi connectivity index (χ0) is 21.6. The molecule has 1 fully saturated rings. The van der Waals surface area contributed by atoms with Gasteiger partial charge >= 0.3 is 0 Å². The topological polar surface area (TPSA) is 0 Å². The van der Waals surface area contributed by atoms with Crippen LogP contribution in [0, 0.1) is 23.1 Å². The minimum atomic E-state index is -0.296. The highest BCUT2D eigenvalue weighted by atomic mass is 35.5. The van der Waals surface area contributed by atoms with Crippen molar-refractivity contribution in [2.24, 2.45) is 17.3 Å². The Kier molecular flexibility index (Phi) is 8.52. The van der Waals surface area contributed by atoms with Gasteiger partial charge in [0.2, 0.25) is 0 Å². The van der Waals surface area contributed by atoms with Gasteiger partial charge in [-0.3, -0.25) is 0 Å². The van der Waals surface area contributed by atoms with Gasteiger partial charge in [0.25, 0.3) is 0 Å². The third-order valence-electron chi connectivity index (χ3n) is 6.89. The summed E-state index contributed by atoms with van der Waals surface area (Å²) >= 11 is 6.71. The number of hydrogen-bond acceptors (Lipinski definition) is 0. The molecule has 1 aliphatic rings. The molecule has 158 valence electrons. The number of hydrogen-bond donors (Lipinski definition) is 0. The number of benzene rings is 1. The molecule has 1 aromatic carbocycles. The highest BCUT2D eigenvalue weighted by molar-refractivity contribution is 6.37. The summed E-state index contributed by atoms with van der Waals surface area (Å²) in [6, 6.07) is 6.66. The summed E-state index contributed by atoms with van der Waals surface area (Å²) in [5.41, 5.74) is 3.50. The quantitative estimate of drug-likeness (QED) is 0.279. The van der Waals surface area contributed by atoms with E-state index < -0.39 is 0 Å². The summed E-state index contributed by atoms with van der Waals surface area (Å²) in [6.45, 7) is 17.3. The van der Waals surface area contributed by atoms with E-state index in [4.69, 9.17) is 11.6 Å². The summed E-state index contributed by atoms with van der Waals surface area (Å²) in [5.74, 6) is 0.684. The second-order valence-electron chi connectivity index (χ2n) is 8.69. The Hall–Kier alpha value is -1.60. The van der Waals surface area contributed by atoms with Crippen molar-refractivity contribution in [3.05, 3.63) is 77.1 Å². The summed E-state index contributed by atoms with van der Waals surface area (Å²) < 4.78 is 14.3. The van der Waals surface area contributed by atoms with Gasteiger partial charge in [0.15, 0.2) is 0 Å². The van der Waals surface area contributed by atoms with Crippen LogP contribution in [0.15, 0.2) is 65.8 Å². The zero-order valence-corrected chi connectivity index (χ0v) is 19.3. The van der Waals surface area contributed by atoms with Crippen LogP contribution >= 0.6 is 11.6 Å². The van der Waals surface area contributed by atoms with Crippen molar-refractivity contribution < 1.29 is 4.39 Å². The second-order valence-corrected chi connectivity index (χ2v) is 9.10. The molecule has 0 spiro atoms. The Bertz CT molecular complexity index is 795. The molecule has 2 heteroatoms. The first-order valence-electron chi connectivity index (χ1n) is 10.9. The predicted octanol–water partition coefficient (Wildman–Crippen LogP) is 9.10. The fraction of sp³-hybridized carbons (Fsp3) is 0.481. The Labute approximate surface area is 182 Å². The van der Waals surface area contributed by atoms with Gasteiger partial charge in [0.05, 0.1) is 0 Å². The van der Waals surface area contributed by atoms with Crippen LogP contribution in [0.2, 0.25) is 0 Å². The average molecular weight is 415 g/mol. The first kappa shape index (κ1) is 23.7. The van der Waals surface area contributed by atoms with Gasteiger partial charge in [-0.1, -0.05) is 88.1 Å². The molecule has 0 bridgehead atoms. The zero-order valence-electron chi connectivity index (χ0n) is 18.5. The van der Waals surface area contributed by atoms with Gasteiger partial charge in [0, 0.05) is 16.0 Å². The van der Waals surface area contributed by atoms with Crippen LogP contribution < -0.4 is 0 Å². The molecule has 0 amide bonds. The van der Waals surface area contributed by atoms with Gasteiger partial charge in [-0.2, -0.15) is 0 Å². The van der Waals surface area contributed by atoms with Gasteiger partial charge in [-0.05, 0) is 61.3 Å². The van der Waals surface area contributed by atoms with E-state index in [-0.39, 0.29) is 11.2 Å². The summed E-state index contributed by atoms with van der Waals surface area (Å²) in [6.07, 6.45) is 11.4. The van der Waals surface area contributed by atoms with Crippen molar-refractivity contribution in [3.8, 4) is 0 Å². The third-order valence-corrected chi connectivity index (χ3v) is 7.23. The van der Waals surface area contributed by atoms with Crippen molar-refractivity contribution in [1.82, 2.24) is 0 Å². The first-order chi connectivity index (χ1) is 13.8. The van der Waals surface area contributed by atoms with Crippen molar-refractivity contribution in [1.29, 1.82) is 0 Å². The lowest BCUT2D eigenvalue weighted by Crippen LogP contribution is -2.26. The van der Waals surface area contributed by atoms with E-state index in [0.717, 1.165) is 12.8 Å². The SMILES string of the molecule is C=CC(C)(/C(C)=C(/C=C(/Cl)C(=C)c1ccccc1F)C(C)CCC)C1CCCC1. The minimum absolute atomic E-state index is 0.0547. The molecule has 0 nitrogen and oxygen atoms in total. The Morgan fingerprint density at radius 3 is 2.48 bits per heavy atom. The molecule has 1 aromatic rings. The van der Waals surface area contributed by atoms with Crippen LogP contribution in [0.5, 0.6) is 0 Å². The number of allylic oxidation sites excluding steroid dienone is 6. The number of rotatable bonds is 9. The maximum Gasteiger partial charge on any atom is 0.131 e. The molecule has 0 radical (unpaired) electrons. The van der Waals surface area contributed by atoms with E-state index in [1.807, 2.05) is 12.1 Å². The van der Waals surface area contributed by atoms with Gasteiger partial charge < -0.3 is 0 Å². The lowest BCUT2D eigenvalue weighted by atomic mass is 9.68. The molecule has 2 atom stereocenters. The molecule has 0 aromatic heterocycles. The monoisotopic (exact) mass is 414 g/mol. The summed E-state index contributed by atoms with van der Waals surface area (Å²) in [4.78, 5) is 0. The van der Waals surface area contributed by atoms with Crippen LogP contribution in [0.25, 0.3) is 5.57 Å². The van der Waals surface area contributed by atoms with E-state index >= 15 is 0 Å². The van der Waals surface area contributed by atoms with Crippen molar-refractivity contribution >= 4 is 17.2 Å². The lowest BCUT2D eigenvalue weighted by Gasteiger charge is -2.36. The van der Waals surface area contributed by atoms with Crippen LogP contribution in [0.4, 0.5) is 4.39 Å². The molecule has 0 heterocycles. The third kappa shape index (κ3) is 5.31. The van der Waals surface area contributed by atoms with E-state index in [1.54, 1.807) is 12.1 Å². The molecule has 0 aliphatic heterocycles. The molecule has 0 N–H and O–H groups in total. The van der Waals surface area contributed by atoms with Crippen LogP contribution in [-0.2, 0) is 0 Å². The highest BCUT2D eigenvalue weighted by Crippen LogP contribution is 2.48. The Morgan fingerprint density at radius 1 is 1.31 bits per heavy atom.